The molecule has 0 aromatic heterocycles. The van der Waals surface area contributed by atoms with Crippen LogP contribution in [-0.2, 0) is 0 Å². The Kier molecular flexibility index (Phi) is 34.9. The zero-order chi connectivity index (χ0) is 26.9. The van der Waals surface area contributed by atoms with E-state index in [0.717, 1.165) is 5.25 Å². The third-order valence-electron chi connectivity index (χ3n) is 7.55. The second-order valence-corrected chi connectivity index (χ2v) is 14.3. The maximum absolute atomic E-state index is 2.44. The molecule has 0 aromatic rings. The molecular weight excluding hydrogens is 485 g/mol. The number of thioether (sulfide) groups is 2. The highest BCUT2D eigenvalue weighted by Crippen LogP contribution is 2.20. The molecule has 0 aromatic carbocycles. The molecule has 0 amide bonds. The van der Waals surface area contributed by atoms with Crippen LogP contribution in [0.3, 0.4) is 0 Å². The Labute approximate surface area is 245 Å². The molecule has 0 N–H and O–H groups in total. The van der Waals surface area contributed by atoms with Crippen molar-refractivity contribution in [2.75, 3.05) is 17.3 Å². The molecule has 0 heterocycles. The predicted molar refractivity (Wildman–Crippen MR) is 180 cm³/mol. The SMILES string of the molecule is CCCCCCC=CCCCCCCCCSC(C)CSCCCCCCCCCCCCCCCC. The Hall–Kier alpha value is 0.440. The van der Waals surface area contributed by atoms with E-state index in [1.165, 1.54) is 184 Å². The number of unbranched alkanes of at least 4 members (excludes halogenated alkanes) is 23. The number of allylic oxidation sites excluding steroid dienone is 2. The van der Waals surface area contributed by atoms with E-state index >= 15 is 0 Å². The van der Waals surface area contributed by atoms with E-state index in [0.29, 0.717) is 0 Å². The van der Waals surface area contributed by atoms with Crippen LogP contribution in [0.4, 0.5) is 0 Å². The van der Waals surface area contributed by atoms with Gasteiger partial charge in [-0.2, -0.15) is 23.5 Å². The van der Waals surface area contributed by atoms with Crippen molar-refractivity contribution in [2.45, 2.75) is 193 Å². The van der Waals surface area contributed by atoms with Crippen LogP contribution < -0.4 is 0 Å². The summed E-state index contributed by atoms with van der Waals surface area (Å²) < 4.78 is 0. The molecule has 2 heteroatoms. The third kappa shape index (κ3) is 34.4. The van der Waals surface area contributed by atoms with Crippen LogP contribution in [0.15, 0.2) is 12.2 Å². The second-order valence-electron chi connectivity index (χ2n) is 11.6. The Bertz CT molecular complexity index is 419. The van der Waals surface area contributed by atoms with Crippen LogP contribution in [0.5, 0.6) is 0 Å². The van der Waals surface area contributed by atoms with E-state index in [9.17, 15) is 0 Å². The van der Waals surface area contributed by atoms with E-state index in [-0.39, 0.29) is 0 Å². The van der Waals surface area contributed by atoms with Crippen molar-refractivity contribution >= 4 is 23.5 Å². The number of hydrogen-bond donors (Lipinski definition) is 0. The normalized spacial score (nSPS) is 12.6. The van der Waals surface area contributed by atoms with E-state index in [1.54, 1.807) is 0 Å². The van der Waals surface area contributed by atoms with Crippen molar-refractivity contribution in [3.63, 3.8) is 0 Å². The lowest BCUT2D eigenvalue weighted by Crippen LogP contribution is -2.02. The Morgan fingerprint density at radius 3 is 1.24 bits per heavy atom. The molecule has 1 atom stereocenters. The summed E-state index contributed by atoms with van der Waals surface area (Å²) in [6, 6.07) is 0. The van der Waals surface area contributed by atoms with Gasteiger partial charge >= 0.3 is 0 Å². The summed E-state index contributed by atoms with van der Waals surface area (Å²) in [4.78, 5) is 0. The number of hydrogen-bond acceptors (Lipinski definition) is 2. The van der Waals surface area contributed by atoms with Gasteiger partial charge in [-0.1, -0.05) is 161 Å². The molecule has 37 heavy (non-hydrogen) atoms. The van der Waals surface area contributed by atoms with Gasteiger partial charge in [0.25, 0.3) is 0 Å². The fourth-order valence-corrected chi connectivity index (χ4v) is 7.33. The topological polar surface area (TPSA) is 0 Å². The highest BCUT2D eigenvalue weighted by atomic mass is 32.2. The van der Waals surface area contributed by atoms with E-state index in [1.807, 2.05) is 0 Å². The zero-order valence-corrected chi connectivity index (χ0v) is 27.7. The lowest BCUT2D eigenvalue weighted by atomic mass is 10.0. The minimum atomic E-state index is 0.838. The van der Waals surface area contributed by atoms with Crippen molar-refractivity contribution < 1.29 is 0 Å². The molecule has 1 unspecified atom stereocenters. The first kappa shape index (κ1) is 37.4. The Morgan fingerprint density at radius 2 is 0.784 bits per heavy atom. The summed E-state index contributed by atoms with van der Waals surface area (Å²) in [6.45, 7) is 7.04. The minimum Gasteiger partial charge on any atom is -0.161 e. The fraction of sp³-hybridized carbons (Fsp3) is 0.943. The van der Waals surface area contributed by atoms with Crippen molar-refractivity contribution in [1.29, 1.82) is 0 Å². The van der Waals surface area contributed by atoms with Gasteiger partial charge in [0.15, 0.2) is 0 Å². The molecule has 222 valence electrons. The molecule has 0 spiro atoms. The third-order valence-corrected chi connectivity index (χ3v) is 10.3. The first-order valence-electron chi connectivity index (χ1n) is 17.2. The minimum absolute atomic E-state index is 0.838. The van der Waals surface area contributed by atoms with Gasteiger partial charge in [-0.3, -0.25) is 0 Å². The first-order valence-corrected chi connectivity index (χ1v) is 19.4. The maximum atomic E-state index is 2.44. The Morgan fingerprint density at radius 1 is 0.432 bits per heavy atom. The smallest absolute Gasteiger partial charge is 0.0109 e. The highest BCUT2D eigenvalue weighted by Gasteiger charge is 2.03. The number of rotatable bonds is 32. The summed E-state index contributed by atoms with van der Waals surface area (Å²) in [5, 5.41) is 0.838. The van der Waals surface area contributed by atoms with Gasteiger partial charge in [-0.15, -0.1) is 0 Å². The first-order chi connectivity index (χ1) is 18.3. The standard InChI is InChI=1S/C35H70S2/c1-4-6-8-10-12-14-16-18-20-22-24-26-28-30-32-36-34-35(3)37-33-31-29-27-25-23-21-19-17-15-13-11-9-7-5-2/h15,17,35H,4-14,16,18-34H2,1-3H3. The molecule has 0 aliphatic heterocycles. The average Bonchev–Trinajstić information content (AvgIpc) is 2.90. The maximum Gasteiger partial charge on any atom is 0.0109 e. The molecular formula is C35H70S2. The van der Waals surface area contributed by atoms with E-state index < -0.39 is 0 Å². The van der Waals surface area contributed by atoms with Gasteiger partial charge in [0.2, 0.25) is 0 Å². The molecule has 0 fully saturated rings. The monoisotopic (exact) mass is 554 g/mol. The quantitative estimate of drug-likeness (QED) is 0.0599. The van der Waals surface area contributed by atoms with E-state index in [2.05, 4.69) is 56.4 Å². The molecule has 0 nitrogen and oxygen atoms in total. The van der Waals surface area contributed by atoms with Crippen molar-refractivity contribution in [3.8, 4) is 0 Å². The summed E-state index contributed by atoms with van der Waals surface area (Å²) in [6.07, 6.45) is 42.1. The fourth-order valence-electron chi connectivity index (χ4n) is 4.98. The van der Waals surface area contributed by atoms with Crippen LogP contribution >= 0.6 is 23.5 Å². The van der Waals surface area contributed by atoms with Gasteiger partial charge in [-0.25, -0.2) is 0 Å². The van der Waals surface area contributed by atoms with Gasteiger partial charge < -0.3 is 0 Å². The second kappa shape index (κ2) is 34.5. The summed E-state index contributed by atoms with van der Waals surface area (Å²) in [5.74, 6) is 4.12. The van der Waals surface area contributed by atoms with Crippen molar-refractivity contribution in [2.24, 2.45) is 0 Å². The van der Waals surface area contributed by atoms with Crippen molar-refractivity contribution in [1.82, 2.24) is 0 Å². The highest BCUT2D eigenvalue weighted by molar-refractivity contribution is 8.03. The average molecular weight is 555 g/mol. The van der Waals surface area contributed by atoms with Gasteiger partial charge in [-0.05, 0) is 50.0 Å². The largest absolute Gasteiger partial charge is 0.161 e. The molecule has 0 aliphatic rings. The van der Waals surface area contributed by atoms with Crippen LogP contribution in [0, 0.1) is 0 Å². The van der Waals surface area contributed by atoms with E-state index in [4.69, 9.17) is 0 Å². The molecule has 0 radical (unpaired) electrons. The van der Waals surface area contributed by atoms with Gasteiger partial charge in [0.1, 0.15) is 0 Å². The van der Waals surface area contributed by atoms with Crippen LogP contribution in [0.25, 0.3) is 0 Å². The summed E-state index contributed by atoms with van der Waals surface area (Å²) in [7, 11) is 0. The summed E-state index contributed by atoms with van der Waals surface area (Å²) in [5.41, 5.74) is 0. The summed E-state index contributed by atoms with van der Waals surface area (Å²) >= 11 is 4.42. The van der Waals surface area contributed by atoms with Crippen LogP contribution in [-0.4, -0.2) is 22.5 Å². The van der Waals surface area contributed by atoms with Gasteiger partial charge in [0, 0.05) is 11.0 Å². The van der Waals surface area contributed by atoms with Gasteiger partial charge in [0.05, 0.1) is 0 Å². The molecule has 0 rings (SSSR count). The predicted octanol–water partition coefficient (Wildman–Crippen LogP) is 13.6. The molecule has 0 saturated carbocycles. The van der Waals surface area contributed by atoms with Crippen LogP contribution in [0.2, 0.25) is 0 Å². The Balaban J connectivity index is 3.17. The molecule has 0 saturated heterocycles. The van der Waals surface area contributed by atoms with Crippen molar-refractivity contribution in [3.05, 3.63) is 12.2 Å². The lowest BCUT2D eigenvalue weighted by molar-refractivity contribution is 0.538. The van der Waals surface area contributed by atoms with Crippen LogP contribution in [0.1, 0.15) is 188 Å². The molecule has 0 bridgehead atoms. The zero-order valence-electron chi connectivity index (χ0n) is 26.1. The molecule has 0 aliphatic carbocycles. The lowest BCUT2D eigenvalue weighted by Gasteiger charge is -2.11.